The number of nitrogens with zero attached hydrogens (tertiary/aromatic N) is 1. The summed E-state index contributed by atoms with van der Waals surface area (Å²) in [6, 6.07) is 9.33. The van der Waals surface area contributed by atoms with E-state index < -0.39 is 0 Å². The van der Waals surface area contributed by atoms with Crippen LogP contribution in [-0.2, 0) is 17.8 Å². The maximum atomic E-state index is 5.50. The first-order valence-corrected chi connectivity index (χ1v) is 7.66. The monoisotopic (exact) mass is 276 g/mol. The second-order valence-electron chi connectivity index (χ2n) is 6.11. The lowest BCUT2D eigenvalue weighted by atomic mass is 9.92. The quantitative estimate of drug-likeness (QED) is 0.864. The van der Waals surface area contributed by atoms with E-state index in [1.807, 2.05) is 7.11 Å². The van der Waals surface area contributed by atoms with E-state index in [9.17, 15) is 0 Å². The lowest BCUT2D eigenvalue weighted by molar-refractivity contribution is 0.0586. The first-order chi connectivity index (χ1) is 9.69. The molecule has 2 rings (SSSR count). The number of hydrogen-bond donors (Lipinski definition) is 1. The van der Waals surface area contributed by atoms with Crippen molar-refractivity contribution >= 4 is 0 Å². The Kier molecular flexibility index (Phi) is 6.02. The van der Waals surface area contributed by atoms with Crippen molar-refractivity contribution in [1.82, 2.24) is 10.2 Å². The summed E-state index contributed by atoms with van der Waals surface area (Å²) in [6.07, 6.45) is 5.35. The van der Waals surface area contributed by atoms with Gasteiger partial charge in [-0.15, -0.1) is 0 Å². The number of nitrogens with one attached hydrogen (secondary N) is 1. The zero-order chi connectivity index (χ0) is 14.4. The minimum Gasteiger partial charge on any atom is -0.381 e. The van der Waals surface area contributed by atoms with Gasteiger partial charge in [0, 0.05) is 26.2 Å². The molecule has 0 radical (unpaired) electrons. The number of rotatable bonds is 6. The molecular formula is C17H28N2O. The van der Waals surface area contributed by atoms with Crippen LogP contribution in [0.2, 0.25) is 0 Å². The Balaban J connectivity index is 1.90. The van der Waals surface area contributed by atoms with Gasteiger partial charge in [0.15, 0.2) is 0 Å². The molecule has 1 saturated carbocycles. The highest BCUT2D eigenvalue weighted by Gasteiger charge is 2.21. The van der Waals surface area contributed by atoms with Gasteiger partial charge in [-0.2, -0.15) is 0 Å². The molecule has 0 aromatic heterocycles. The fourth-order valence-corrected chi connectivity index (χ4v) is 3.02. The van der Waals surface area contributed by atoms with Gasteiger partial charge in [0.25, 0.3) is 0 Å². The smallest absolute Gasteiger partial charge is 0.0586 e. The molecule has 0 bridgehead atoms. The Morgan fingerprint density at radius 1 is 1.20 bits per heavy atom. The van der Waals surface area contributed by atoms with Crippen LogP contribution in [-0.4, -0.2) is 38.3 Å². The van der Waals surface area contributed by atoms with E-state index in [1.54, 1.807) is 0 Å². The summed E-state index contributed by atoms with van der Waals surface area (Å²) >= 11 is 0. The van der Waals surface area contributed by atoms with E-state index in [4.69, 9.17) is 4.74 Å². The van der Waals surface area contributed by atoms with Gasteiger partial charge in [0.1, 0.15) is 0 Å². The Morgan fingerprint density at radius 3 is 2.65 bits per heavy atom. The standard InChI is InChI=1S/C17H28N2O/c1-19(2)13-15-8-5-4-7-14(15)12-18-16-9-6-10-17(11-16)20-3/h4-5,7-8,16-18H,6,9-13H2,1-3H3. The molecule has 112 valence electrons. The van der Waals surface area contributed by atoms with Crippen molar-refractivity contribution in [2.45, 2.75) is 50.9 Å². The molecule has 1 aliphatic rings. The van der Waals surface area contributed by atoms with Crippen molar-refractivity contribution in [1.29, 1.82) is 0 Å². The van der Waals surface area contributed by atoms with Gasteiger partial charge in [-0.05, 0) is 50.9 Å². The zero-order valence-electron chi connectivity index (χ0n) is 13.1. The third kappa shape index (κ3) is 4.58. The maximum Gasteiger partial charge on any atom is 0.0586 e. The number of benzene rings is 1. The first kappa shape index (κ1) is 15.5. The summed E-state index contributed by atoms with van der Waals surface area (Å²) < 4.78 is 5.50. The van der Waals surface area contributed by atoms with Crippen LogP contribution in [0.15, 0.2) is 24.3 Å². The van der Waals surface area contributed by atoms with Crippen molar-refractivity contribution < 1.29 is 4.74 Å². The summed E-state index contributed by atoms with van der Waals surface area (Å²) in [5, 5.41) is 3.72. The van der Waals surface area contributed by atoms with E-state index in [0.29, 0.717) is 12.1 Å². The molecule has 2 atom stereocenters. The van der Waals surface area contributed by atoms with E-state index in [0.717, 1.165) is 19.5 Å². The van der Waals surface area contributed by atoms with Crippen LogP contribution < -0.4 is 5.32 Å². The van der Waals surface area contributed by atoms with Crippen LogP contribution in [0, 0.1) is 0 Å². The highest BCUT2D eigenvalue weighted by molar-refractivity contribution is 5.27. The molecule has 0 aliphatic heterocycles. The zero-order valence-corrected chi connectivity index (χ0v) is 13.1. The summed E-state index contributed by atoms with van der Waals surface area (Å²) in [7, 11) is 6.07. The molecule has 1 fully saturated rings. The second-order valence-corrected chi connectivity index (χ2v) is 6.11. The number of methoxy groups -OCH3 is 1. The van der Waals surface area contributed by atoms with Gasteiger partial charge < -0.3 is 15.0 Å². The highest BCUT2D eigenvalue weighted by atomic mass is 16.5. The van der Waals surface area contributed by atoms with Gasteiger partial charge in [-0.25, -0.2) is 0 Å². The Labute approximate surface area is 123 Å². The molecule has 1 aromatic carbocycles. The topological polar surface area (TPSA) is 24.5 Å². The van der Waals surface area contributed by atoms with E-state index in [-0.39, 0.29) is 0 Å². The molecule has 20 heavy (non-hydrogen) atoms. The van der Waals surface area contributed by atoms with Crippen molar-refractivity contribution in [3.05, 3.63) is 35.4 Å². The van der Waals surface area contributed by atoms with Gasteiger partial charge in [-0.3, -0.25) is 0 Å². The van der Waals surface area contributed by atoms with Crippen LogP contribution in [0.4, 0.5) is 0 Å². The van der Waals surface area contributed by atoms with E-state index in [2.05, 4.69) is 48.6 Å². The van der Waals surface area contributed by atoms with Gasteiger partial charge in [0.05, 0.1) is 6.10 Å². The normalized spacial score (nSPS) is 23.2. The third-order valence-corrected chi connectivity index (χ3v) is 4.15. The van der Waals surface area contributed by atoms with Gasteiger partial charge >= 0.3 is 0 Å². The molecule has 1 aromatic rings. The van der Waals surface area contributed by atoms with Crippen LogP contribution in [0.25, 0.3) is 0 Å². The molecule has 0 heterocycles. The molecule has 1 N–H and O–H groups in total. The first-order valence-electron chi connectivity index (χ1n) is 7.66. The Morgan fingerprint density at radius 2 is 1.95 bits per heavy atom. The predicted octanol–water partition coefficient (Wildman–Crippen LogP) is 2.80. The molecule has 0 saturated heterocycles. The second kappa shape index (κ2) is 7.77. The SMILES string of the molecule is COC1CCCC(NCc2ccccc2CN(C)C)C1. The lowest BCUT2D eigenvalue weighted by Crippen LogP contribution is -2.36. The van der Waals surface area contributed by atoms with Crippen molar-refractivity contribution in [3.8, 4) is 0 Å². The largest absolute Gasteiger partial charge is 0.381 e. The molecule has 0 amide bonds. The number of ether oxygens (including phenoxy) is 1. The fraction of sp³-hybridized carbons (Fsp3) is 0.647. The van der Waals surface area contributed by atoms with Crippen LogP contribution in [0.3, 0.4) is 0 Å². The molecule has 3 nitrogen and oxygen atoms in total. The molecular weight excluding hydrogens is 248 g/mol. The van der Waals surface area contributed by atoms with E-state index >= 15 is 0 Å². The van der Waals surface area contributed by atoms with Crippen LogP contribution >= 0.6 is 0 Å². The summed E-state index contributed by atoms with van der Waals surface area (Å²) in [4.78, 5) is 2.22. The molecule has 1 aliphatic carbocycles. The lowest BCUT2D eigenvalue weighted by Gasteiger charge is -2.29. The van der Waals surface area contributed by atoms with Gasteiger partial charge in [-0.1, -0.05) is 24.3 Å². The third-order valence-electron chi connectivity index (χ3n) is 4.15. The van der Waals surface area contributed by atoms with Crippen molar-refractivity contribution in [2.75, 3.05) is 21.2 Å². The average molecular weight is 276 g/mol. The predicted molar refractivity (Wildman–Crippen MR) is 83.7 cm³/mol. The Bertz CT molecular complexity index is 406. The van der Waals surface area contributed by atoms with Crippen LogP contribution in [0.5, 0.6) is 0 Å². The minimum atomic E-state index is 0.443. The van der Waals surface area contributed by atoms with Crippen molar-refractivity contribution in [3.63, 3.8) is 0 Å². The summed E-state index contributed by atoms with van der Waals surface area (Å²) in [6.45, 7) is 1.97. The van der Waals surface area contributed by atoms with Gasteiger partial charge in [0.2, 0.25) is 0 Å². The van der Waals surface area contributed by atoms with Crippen molar-refractivity contribution in [2.24, 2.45) is 0 Å². The summed E-state index contributed by atoms with van der Waals surface area (Å²) in [5.74, 6) is 0. The fourth-order valence-electron chi connectivity index (χ4n) is 3.02. The summed E-state index contributed by atoms with van der Waals surface area (Å²) in [5.41, 5.74) is 2.84. The van der Waals surface area contributed by atoms with Crippen LogP contribution in [0.1, 0.15) is 36.8 Å². The Hall–Kier alpha value is -0.900. The maximum absolute atomic E-state index is 5.50. The molecule has 2 unspecified atom stereocenters. The van der Waals surface area contributed by atoms with E-state index in [1.165, 1.54) is 30.4 Å². The molecule has 3 heteroatoms. The molecule has 0 spiro atoms. The highest BCUT2D eigenvalue weighted by Crippen LogP contribution is 2.21. The average Bonchev–Trinajstić information content (AvgIpc) is 2.46. The number of hydrogen-bond acceptors (Lipinski definition) is 3. The minimum absolute atomic E-state index is 0.443.